The molecule has 0 saturated heterocycles. The van der Waals surface area contributed by atoms with Gasteiger partial charge in [-0.15, -0.1) is 0 Å². The van der Waals surface area contributed by atoms with Crippen molar-refractivity contribution in [3.05, 3.63) is 29.8 Å². The van der Waals surface area contributed by atoms with Crippen molar-refractivity contribution >= 4 is 21.4 Å². The van der Waals surface area contributed by atoms with Crippen LogP contribution in [0.25, 0.3) is 0 Å². The van der Waals surface area contributed by atoms with Crippen LogP contribution in [0.1, 0.15) is 23.7 Å². The maximum Gasteiger partial charge on any atom is 0.251 e. The lowest BCUT2D eigenvalue weighted by Gasteiger charge is -2.07. The number of hydrogen-bond donors (Lipinski definition) is 2. The van der Waals surface area contributed by atoms with Crippen LogP contribution < -0.4 is 10.6 Å². The van der Waals surface area contributed by atoms with Gasteiger partial charge >= 0.3 is 0 Å². The lowest BCUT2D eigenvalue weighted by Crippen LogP contribution is -2.28. The van der Waals surface area contributed by atoms with Gasteiger partial charge in [0.2, 0.25) is 0 Å². The second-order valence-corrected chi connectivity index (χ2v) is 6.65. The molecule has 5 nitrogen and oxygen atoms in total. The normalized spacial score (nSPS) is 11.1. The quantitative estimate of drug-likeness (QED) is 0.791. The molecular formula is C13H20N2O3S. The predicted octanol–water partition coefficient (Wildman–Crippen LogP) is 1.28. The number of amides is 1. The maximum absolute atomic E-state index is 11.7. The minimum atomic E-state index is -3.04. The van der Waals surface area contributed by atoms with E-state index in [1.54, 1.807) is 12.1 Å². The Morgan fingerprint density at radius 2 is 1.79 bits per heavy atom. The van der Waals surface area contributed by atoms with Crippen LogP contribution in [0.2, 0.25) is 0 Å². The summed E-state index contributed by atoms with van der Waals surface area (Å²) in [6.45, 7) is 3.10. The first-order chi connectivity index (χ1) is 8.92. The molecule has 106 valence electrons. The lowest BCUT2D eigenvalue weighted by molar-refractivity contribution is 0.0956. The molecule has 19 heavy (non-hydrogen) atoms. The Hall–Kier alpha value is -1.56. The summed E-state index contributed by atoms with van der Waals surface area (Å²) in [4.78, 5) is 11.7. The van der Waals surface area contributed by atoms with Crippen LogP contribution in [-0.2, 0) is 9.84 Å². The van der Waals surface area contributed by atoms with E-state index in [4.69, 9.17) is 0 Å². The number of rotatable bonds is 7. The van der Waals surface area contributed by atoms with Crippen LogP contribution >= 0.6 is 0 Å². The van der Waals surface area contributed by atoms with Crippen LogP contribution in [0.4, 0.5) is 5.69 Å². The highest BCUT2D eigenvalue weighted by atomic mass is 32.2. The number of nitrogens with one attached hydrogen (secondary N) is 2. The molecule has 0 aliphatic heterocycles. The van der Waals surface area contributed by atoms with Crippen molar-refractivity contribution in [2.75, 3.05) is 30.4 Å². The topological polar surface area (TPSA) is 75.3 Å². The van der Waals surface area contributed by atoms with Gasteiger partial charge < -0.3 is 10.6 Å². The first-order valence-electron chi connectivity index (χ1n) is 6.22. The summed E-state index contributed by atoms with van der Waals surface area (Å²) in [5, 5.41) is 5.79. The molecule has 1 amide bonds. The number of carbonyl (C=O) groups excluding carboxylic acids is 1. The highest BCUT2D eigenvalue weighted by Crippen LogP contribution is 2.09. The monoisotopic (exact) mass is 284 g/mol. The van der Waals surface area contributed by atoms with E-state index in [1.807, 2.05) is 12.1 Å². The predicted molar refractivity (Wildman–Crippen MR) is 77.3 cm³/mol. The van der Waals surface area contributed by atoms with E-state index in [-0.39, 0.29) is 18.2 Å². The van der Waals surface area contributed by atoms with Crippen LogP contribution in [0, 0.1) is 0 Å². The number of hydrogen-bond acceptors (Lipinski definition) is 4. The van der Waals surface area contributed by atoms with Crippen molar-refractivity contribution in [3.63, 3.8) is 0 Å². The molecule has 0 aromatic heterocycles. The largest absolute Gasteiger partial charge is 0.385 e. The molecule has 2 N–H and O–H groups in total. The van der Waals surface area contributed by atoms with Gasteiger partial charge in [0.1, 0.15) is 9.84 Å². The standard InChI is InChI=1S/C13H20N2O3S/c1-3-8-14-12-6-4-11(5-7-12)13(16)15-9-10-19(2,17)18/h4-7,14H,3,8-10H2,1-2H3,(H,15,16). The van der Waals surface area contributed by atoms with Crippen molar-refractivity contribution in [1.82, 2.24) is 5.32 Å². The van der Waals surface area contributed by atoms with E-state index in [1.165, 1.54) is 0 Å². The second-order valence-electron chi connectivity index (χ2n) is 4.39. The third-order valence-corrected chi connectivity index (χ3v) is 3.43. The Bertz CT molecular complexity index is 509. The van der Waals surface area contributed by atoms with Gasteiger partial charge in [0.25, 0.3) is 5.91 Å². The minimum absolute atomic E-state index is 0.0467. The average molecular weight is 284 g/mol. The number of carbonyl (C=O) groups is 1. The molecule has 0 unspecified atom stereocenters. The number of benzene rings is 1. The highest BCUT2D eigenvalue weighted by Gasteiger charge is 2.07. The van der Waals surface area contributed by atoms with Gasteiger partial charge in [-0.05, 0) is 30.7 Å². The molecule has 0 radical (unpaired) electrons. The van der Waals surface area contributed by atoms with Gasteiger partial charge in [0.15, 0.2) is 0 Å². The molecule has 0 fully saturated rings. The molecule has 0 aliphatic carbocycles. The lowest BCUT2D eigenvalue weighted by atomic mass is 10.2. The SMILES string of the molecule is CCCNc1ccc(C(=O)NCCS(C)(=O)=O)cc1. The zero-order chi connectivity index (χ0) is 14.3. The maximum atomic E-state index is 11.7. The van der Waals surface area contributed by atoms with Gasteiger partial charge in [0.05, 0.1) is 5.75 Å². The first-order valence-corrected chi connectivity index (χ1v) is 8.28. The highest BCUT2D eigenvalue weighted by molar-refractivity contribution is 7.90. The fourth-order valence-corrected chi connectivity index (χ4v) is 1.93. The Balaban J connectivity index is 2.49. The van der Waals surface area contributed by atoms with Gasteiger partial charge in [-0.1, -0.05) is 6.92 Å². The fraction of sp³-hybridized carbons (Fsp3) is 0.462. The molecule has 0 aliphatic rings. The summed E-state index contributed by atoms with van der Waals surface area (Å²) in [6.07, 6.45) is 2.18. The summed E-state index contributed by atoms with van der Waals surface area (Å²) in [7, 11) is -3.04. The first kappa shape index (κ1) is 15.5. The molecule has 0 bridgehead atoms. The summed E-state index contributed by atoms with van der Waals surface area (Å²) in [6, 6.07) is 7.10. The molecule has 0 heterocycles. The van der Waals surface area contributed by atoms with E-state index in [0.717, 1.165) is 24.9 Å². The fourth-order valence-electron chi connectivity index (χ4n) is 1.46. The number of sulfone groups is 1. The van der Waals surface area contributed by atoms with Crippen molar-refractivity contribution < 1.29 is 13.2 Å². The minimum Gasteiger partial charge on any atom is -0.385 e. The summed E-state index contributed by atoms with van der Waals surface area (Å²) in [5.74, 6) is -0.305. The zero-order valence-electron chi connectivity index (χ0n) is 11.3. The van der Waals surface area contributed by atoms with Gasteiger partial charge in [-0.25, -0.2) is 8.42 Å². The van der Waals surface area contributed by atoms with E-state index in [2.05, 4.69) is 17.6 Å². The van der Waals surface area contributed by atoms with Crippen molar-refractivity contribution in [3.8, 4) is 0 Å². The Labute approximate surface area is 114 Å². The molecular weight excluding hydrogens is 264 g/mol. The summed E-state index contributed by atoms with van der Waals surface area (Å²) in [5.41, 5.74) is 1.49. The Morgan fingerprint density at radius 3 is 2.32 bits per heavy atom. The Kier molecular flexibility index (Phi) is 5.82. The average Bonchev–Trinajstić information content (AvgIpc) is 2.35. The molecule has 0 spiro atoms. The smallest absolute Gasteiger partial charge is 0.251 e. The second kappa shape index (κ2) is 7.13. The third-order valence-electron chi connectivity index (χ3n) is 2.48. The van der Waals surface area contributed by atoms with E-state index in [0.29, 0.717) is 5.56 Å². The van der Waals surface area contributed by atoms with E-state index >= 15 is 0 Å². The van der Waals surface area contributed by atoms with Crippen molar-refractivity contribution in [2.24, 2.45) is 0 Å². The third kappa shape index (κ3) is 6.24. The molecule has 6 heteroatoms. The van der Waals surface area contributed by atoms with Gasteiger partial charge in [-0.2, -0.15) is 0 Å². The van der Waals surface area contributed by atoms with Crippen LogP contribution in [-0.4, -0.2) is 39.4 Å². The van der Waals surface area contributed by atoms with Crippen LogP contribution in [0.5, 0.6) is 0 Å². The van der Waals surface area contributed by atoms with Crippen molar-refractivity contribution in [1.29, 1.82) is 0 Å². The molecule has 1 aromatic rings. The Morgan fingerprint density at radius 1 is 1.16 bits per heavy atom. The summed E-state index contributed by atoms with van der Waals surface area (Å²) < 4.78 is 21.9. The molecule has 0 saturated carbocycles. The van der Waals surface area contributed by atoms with E-state index in [9.17, 15) is 13.2 Å². The summed E-state index contributed by atoms with van der Waals surface area (Å²) >= 11 is 0. The molecule has 1 aromatic carbocycles. The van der Waals surface area contributed by atoms with Crippen LogP contribution in [0.15, 0.2) is 24.3 Å². The van der Waals surface area contributed by atoms with Crippen molar-refractivity contribution in [2.45, 2.75) is 13.3 Å². The van der Waals surface area contributed by atoms with E-state index < -0.39 is 9.84 Å². The molecule has 1 rings (SSSR count). The van der Waals surface area contributed by atoms with Gasteiger partial charge in [-0.3, -0.25) is 4.79 Å². The number of anilines is 1. The zero-order valence-corrected chi connectivity index (χ0v) is 12.1. The van der Waals surface area contributed by atoms with Gasteiger partial charge in [0, 0.05) is 30.6 Å². The molecule has 0 atom stereocenters. The van der Waals surface area contributed by atoms with Crippen LogP contribution in [0.3, 0.4) is 0 Å².